The van der Waals surface area contributed by atoms with Crippen LogP contribution < -0.4 is 5.32 Å². The van der Waals surface area contributed by atoms with E-state index < -0.39 is 59.6 Å². The number of alkyl halides is 6. The van der Waals surface area contributed by atoms with Gasteiger partial charge in [-0.15, -0.1) is 0 Å². The third kappa shape index (κ3) is 10.6. The van der Waals surface area contributed by atoms with Crippen molar-refractivity contribution in [3.8, 4) is 11.1 Å². The van der Waals surface area contributed by atoms with Gasteiger partial charge in [0.25, 0.3) is 0 Å². The minimum atomic E-state index is -4.66. The van der Waals surface area contributed by atoms with Crippen molar-refractivity contribution >= 4 is 36.2 Å². The van der Waals surface area contributed by atoms with Crippen LogP contribution in [0.2, 0.25) is 0 Å². The molecule has 0 heterocycles. The molecule has 0 radical (unpaired) electrons. The van der Waals surface area contributed by atoms with Crippen LogP contribution >= 0.6 is 0 Å². The summed E-state index contributed by atoms with van der Waals surface area (Å²) in [6.07, 6.45) is -3.02. The molecule has 0 spiro atoms. The molecular formula is C45H47F6NO6. The summed E-state index contributed by atoms with van der Waals surface area (Å²) in [7, 11) is 2.37. The van der Waals surface area contributed by atoms with E-state index in [9.17, 15) is 46.1 Å². The summed E-state index contributed by atoms with van der Waals surface area (Å²) in [6.45, 7) is 5.49. The number of nitrogens with one attached hydrogen (secondary N) is 1. The Labute approximate surface area is 334 Å². The third-order valence-electron chi connectivity index (χ3n) is 10.4. The van der Waals surface area contributed by atoms with Crippen LogP contribution in [0.15, 0.2) is 72.8 Å². The first-order valence-electron chi connectivity index (χ1n) is 18.3. The number of aliphatic hydroxyl groups is 2. The van der Waals surface area contributed by atoms with E-state index in [2.05, 4.69) is 5.32 Å². The molecule has 4 aromatic rings. The Bertz CT molecular complexity index is 2020. The molecule has 7 nitrogen and oxygen atoms in total. The molecule has 4 rings (SSSR count). The van der Waals surface area contributed by atoms with Crippen molar-refractivity contribution in [3.63, 3.8) is 0 Å². The number of rotatable bonds is 15. The maximum atomic E-state index is 14.1. The molecule has 0 aromatic heterocycles. The van der Waals surface area contributed by atoms with Gasteiger partial charge >= 0.3 is 24.3 Å². The van der Waals surface area contributed by atoms with E-state index in [1.54, 1.807) is 36.4 Å². The van der Waals surface area contributed by atoms with Gasteiger partial charge in [0.2, 0.25) is 0 Å². The van der Waals surface area contributed by atoms with Crippen molar-refractivity contribution in [2.24, 2.45) is 5.41 Å². The molecular weight excluding hydrogens is 764 g/mol. The summed E-state index contributed by atoms with van der Waals surface area (Å²) in [4.78, 5) is 24.4. The zero-order chi connectivity index (χ0) is 43.1. The Hall–Kier alpha value is -5.24. The molecule has 3 N–H and O–H groups in total. The smallest absolute Gasteiger partial charge is 0.416 e. The molecule has 310 valence electrons. The first-order valence-corrected chi connectivity index (χ1v) is 18.3. The second-order valence-corrected chi connectivity index (χ2v) is 14.6. The Morgan fingerprint density at radius 2 is 1.09 bits per heavy atom. The van der Waals surface area contributed by atoms with E-state index in [1.807, 2.05) is 26.0 Å². The zero-order valence-corrected chi connectivity index (χ0v) is 33.1. The highest BCUT2D eigenvalue weighted by Gasteiger charge is 2.36. The number of ether oxygens (including phenoxy) is 2. The van der Waals surface area contributed by atoms with Gasteiger partial charge in [0.15, 0.2) is 0 Å². The number of aryl methyl sites for hydroxylation is 1. The SMILES string of the molecule is COC(=O)[C@](C)(CO)CCc1ccc(C(F)(F)F)c(/C=C/c2cccc(-c3cccc(/C=C/c4cc(CN[C@@](C)(CO)C(=O)OC)ccc4C(F)(F)F)c3C)c2C)c1. The zero-order valence-electron chi connectivity index (χ0n) is 33.1. The number of esters is 2. The molecule has 58 heavy (non-hydrogen) atoms. The monoisotopic (exact) mass is 811 g/mol. The quantitative estimate of drug-likeness (QED) is 0.0625. The van der Waals surface area contributed by atoms with Crippen LogP contribution in [-0.2, 0) is 44.4 Å². The average Bonchev–Trinajstić information content (AvgIpc) is 3.19. The number of benzene rings is 4. The van der Waals surface area contributed by atoms with Gasteiger partial charge in [-0.05, 0) is 114 Å². The molecule has 13 heteroatoms. The van der Waals surface area contributed by atoms with Crippen LogP contribution in [0.3, 0.4) is 0 Å². The highest BCUT2D eigenvalue weighted by molar-refractivity contribution is 5.83. The molecule has 2 atom stereocenters. The van der Waals surface area contributed by atoms with Crippen molar-refractivity contribution in [1.29, 1.82) is 0 Å². The number of halogens is 6. The van der Waals surface area contributed by atoms with Crippen LogP contribution in [0.5, 0.6) is 0 Å². The minimum absolute atomic E-state index is 0.0339. The normalized spacial score (nSPS) is 14.4. The van der Waals surface area contributed by atoms with Crippen molar-refractivity contribution in [3.05, 3.63) is 128 Å². The maximum Gasteiger partial charge on any atom is 0.416 e. The molecule has 0 unspecified atom stereocenters. The van der Waals surface area contributed by atoms with E-state index >= 15 is 0 Å². The highest BCUT2D eigenvalue weighted by atomic mass is 19.4. The molecule has 0 aliphatic rings. The molecule has 0 saturated carbocycles. The Morgan fingerprint density at radius 3 is 1.52 bits per heavy atom. The number of methoxy groups -OCH3 is 2. The molecule has 0 bridgehead atoms. The fourth-order valence-electron chi connectivity index (χ4n) is 6.52. The summed E-state index contributed by atoms with van der Waals surface area (Å²) in [5, 5.41) is 22.4. The number of carbonyl (C=O) groups excluding carboxylic acids is 2. The predicted octanol–water partition coefficient (Wildman–Crippen LogP) is 9.47. The van der Waals surface area contributed by atoms with Crippen molar-refractivity contribution < 1.29 is 55.6 Å². The molecule has 0 amide bonds. The average molecular weight is 812 g/mol. The van der Waals surface area contributed by atoms with Gasteiger partial charge < -0.3 is 19.7 Å². The maximum absolute atomic E-state index is 14.1. The van der Waals surface area contributed by atoms with Gasteiger partial charge in [-0.3, -0.25) is 10.1 Å². The number of hydrogen-bond donors (Lipinski definition) is 3. The lowest BCUT2D eigenvalue weighted by molar-refractivity contribution is -0.154. The van der Waals surface area contributed by atoms with Crippen LogP contribution in [0.25, 0.3) is 35.4 Å². The molecule has 0 fully saturated rings. The standard InChI is InChI=1S/C45H47F6NO6/c1-28-32(15-17-34-23-30(13-19-38(34)44(46,47)48)21-22-42(3,26-53)40(55)57-5)9-7-11-36(28)37-12-8-10-33(29(37)2)16-18-35-24-31(14-20-39(35)45(49,50)51)25-52-43(4,27-54)41(56)58-6/h7-20,23-24,52-54H,21-22,25-27H2,1-6H3/b17-15+,18-16+/t42-,43-/m0/s1. The fourth-order valence-corrected chi connectivity index (χ4v) is 6.52. The summed E-state index contributed by atoms with van der Waals surface area (Å²) < 4.78 is 94.2. The van der Waals surface area contributed by atoms with Crippen LogP contribution in [0.4, 0.5) is 26.3 Å². The summed E-state index contributed by atoms with van der Waals surface area (Å²) in [6, 6.07) is 18.1. The molecule has 0 aliphatic heterocycles. The topological polar surface area (TPSA) is 105 Å². The Kier molecular flexibility index (Phi) is 14.6. The third-order valence-corrected chi connectivity index (χ3v) is 10.4. The van der Waals surface area contributed by atoms with E-state index in [4.69, 9.17) is 9.47 Å². The van der Waals surface area contributed by atoms with E-state index in [-0.39, 0.29) is 30.5 Å². The minimum Gasteiger partial charge on any atom is -0.469 e. The highest BCUT2D eigenvalue weighted by Crippen LogP contribution is 2.37. The van der Waals surface area contributed by atoms with Gasteiger partial charge in [0.1, 0.15) is 5.54 Å². The summed E-state index contributed by atoms with van der Waals surface area (Å²) >= 11 is 0. The molecule has 0 aliphatic carbocycles. The van der Waals surface area contributed by atoms with Crippen LogP contribution in [0, 0.1) is 19.3 Å². The summed E-state index contributed by atoms with van der Waals surface area (Å²) in [5.74, 6) is -1.35. The molecule has 4 aromatic carbocycles. The largest absolute Gasteiger partial charge is 0.469 e. The van der Waals surface area contributed by atoms with Gasteiger partial charge in [-0.1, -0.05) is 78.9 Å². The second-order valence-electron chi connectivity index (χ2n) is 14.6. The van der Waals surface area contributed by atoms with Gasteiger partial charge in [0.05, 0.1) is 44.0 Å². The first-order chi connectivity index (χ1) is 27.2. The van der Waals surface area contributed by atoms with E-state index in [0.717, 1.165) is 41.5 Å². The first kappa shape index (κ1) is 45.5. The fraction of sp³-hybridized carbons (Fsp3) is 0.333. The van der Waals surface area contributed by atoms with Gasteiger partial charge in [0, 0.05) is 6.54 Å². The summed E-state index contributed by atoms with van der Waals surface area (Å²) in [5.41, 5.74) is 0.702. The predicted molar refractivity (Wildman–Crippen MR) is 212 cm³/mol. The Morgan fingerprint density at radius 1 is 0.638 bits per heavy atom. The van der Waals surface area contributed by atoms with Crippen molar-refractivity contribution in [2.75, 3.05) is 27.4 Å². The second kappa shape index (κ2) is 18.6. The van der Waals surface area contributed by atoms with Crippen molar-refractivity contribution in [2.45, 2.75) is 65.0 Å². The number of carbonyl (C=O) groups is 2. The Balaban J connectivity index is 1.67. The van der Waals surface area contributed by atoms with E-state index in [1.165, 1.54) is 57.4 Å². The van der Waals surface area contributed by atoms with Gasteiger partial charge in [-0.2, -0.15) is 26.3 Å². The van der Waals surface area contributed by atoms with Crippen molar-refractivity contribution in [1.82, 2.24) is 5.32 Å². The number of aliphatic hydroxyl groups excluding tert-OH is 2. The molecule has 0 saturated heterocycles. The lowest BCUT2D eigenvalue weighted by Gasteiger charge is -2.26. The lowest BCUT2D eigenvalue weighted by atomic mass is 9.84. The van der Waals surface area contributed by atoms with Gasteiger partial charge in [-0.25, -0.2) is 4.79 Å². The number of hydrogen-bond acceptors (Lipinski definition) is 7. The lowest BCUT2D eigenvalue weighted by Crippen LogP contribution is -2.52. The van der Waals surface area contributed by atoms with Crippen LogP contribution in [0.1, 0.15) is 75.9 Å². The van der Waals surface area contributed by atoms with Crippen LogP contribution in [-0.4, -0.2) is 55.1 Å². The van der Waals surface area contributed by atoms with E-state index in [0.29, 0.717) is 22.3 Å².